The van der Waals surface area contributed by atoms with Gasteiger partial charge in [-0.3, -0.25) is 0 Å². The number of rotatable bonds is 7. The number of hydrogen-bond donors (Lipinski definition) is 0. The van der Waals surface area contributed by atoms with Crippen molar-refractivity contribution in [3.63, 3.8) is 0 Å². The molecule has 2 rings (SSSR count). The summed E-state index contributed by atoms with van der Waals surface area (Å²) in [6.07, 6.45) is 0. The van der Waals surface area contributed by atoms with Crippen molar-refractivity contribution in [1.82, 2.24) is 0 Å². The molecule has 0 saturated heterocycles. The zero-order valence-electron chi connectivity index (χ0n) is 14.1. The highest BCUT2D eigenvalue weighted by Crippen LogP contribution is 2.40. The molecule has 0 unspecified atom stereocenters. The maximum atomic E-state index is 12.4. The van der Waals surface area contributed by atoms with Gasteiger partial charge in [-0.2, -0.15) is 0 Å². The minimum absolute atomic E-state index is 0.0837. The van der Waals surface area contributed by atoms with Gasteiger partial charge >= 0.3 is 5.97 Å². The minimum Gasteiger partial charge on any atom is -0.496 e. The summed E-state index contributed by atoms with van der Waals surface area (Å²) in [6, 6.07) is 10.5. The minimum atomic E-state index is -0.529. The molecule has 0 saturated carbocycles. The number of hydrogen-bond acceptors (Lipinski definition) is 6. The summed E-state index contributed by atoms with van der Waals surface area (Å²) in [7, 11) is 6.01. The Morgan fingerprint density at radius 1 is 0.792 bits per heavy atom. The Morgan fingerprint density at radius 3 is 2.08 bits per heavy atom. The molecule has 0 fully saturated rings. The van der Waals surface area contributed by atoms with E-state index in [1.165, 1.54) is 21.3 Å². The maximum Gasteiger partial charge on any atom is 0.342 e. The molecule has 0 amide bonds. The van der Waals surface area contributed by atoms with E-state index in [1.54, 1.807) is 25.3 Å². The van der Waals surface area contributed by atoms with Gasteiger partial charge in [-0.15, -0.1) is 0 Å². The molecule has 0 radical (unpaired) electrons. The molecular weight excluding hydrogens is 312 g/mol. The first-order valence-corrected chi connectivity index (χ1v) is 7.24. The van der Waals surface area contributed by atoms with Crippen LogP contribution in [-0.2, 0) is 11.3 Å². The normalized spacial score (nSPS) is 10.0. The lowest BCUT2D eigenvalue weighted by atomic mass is 10.1. The summed E-state index contributed by atoms with van der Waals surface area (Å²) in [5.41, 5.74) is 1.03. The second-order valence-electron chi connectivity index (χ2n) is 4.77. The maximum absolute atomic E-state index is 12.4. The summed E-state index contributed by atoms with van der Waals surface area (Å²) < 4.78 is 26.4. The molecule has 2 aromatic rings. The highest BCUT2D eigenvalue weighted by Gasteiger charge is 2.22. The van der Waals surface area contributed by atoms with Gasteiger partial charge < -0.3 is 23.7 Å². The first-order valence-electron chi connectivity index (χ1n) is 7.24. The number of carbonyl (C=O) groups is 1. The van der Waals surface area contributed by atoms with Crippen molar-refractivity contribution in [2.24, 2.45) is 0 Å². The van der Waals surface area contributed by atoms with Gasteiger partial charge in [0.15, 0.2) is 11.5 Å². The average molecular weight is 332 g/mol. The monoisotopic (exact) mass is 332 g/mol. The zero-order chi connectivity index (χ0) is 17.5. The molecule has 0 bridgehead atoms. The molecule has 0 aromatic heterocycles. The lowest BCUT2D eigenvalue weighted by molar-refractivity contribution is 0.0465. The molecule has 6 nitrogen and oxygen atoms in total. The van der Waals surface area contributed by atoms with E-state index in [2.05, 4.69) is 0 Å². The van der Waals surface area contributed by atoms with Crippen LogP contribution in [0.25, 0.3) is 0 Å². The van der Waals surface area contributed by atoms with Crippen molar-refractivity contribution in [3.05, 3.63) is 47.5 Å². The van der Waals surface area contributed by atoms with Crippen LogP contribution in [0.4, 0.5) is 0 Å². The van der Waals surface area contributed by atoms with Gasteiger partial charge in [0.1, 0.15) is 17.9 Å². The molecule has 0 spiro atoms. The quantitative estimate of drug-likeness (QED) is 0.726. The van der Waals surface area contributed by atoms with E-state index in [-0.39, 0.29) is 17.9 Å². The second kappa shape index (κ2) is 8.10. The molecular formula is C18H20O6. The zero-order valence-corrected chi connectivity index (χ0v) is 14.1. The lowest BCUT2D eigenvalue weighted by Crippen LogP contribution is -2.09. The van der Waals surface area contributed by atoms with Gasteiger partial charge in [0, 0.05) is 5.56 Å². The average Bonchev–Trinajstić information content (AvgIpc) is 2.64. The van der Waals surface area contributed by atoms with Gasteiger partial charge in [0.25, 0.3) is 0 Å². The van der Waals surface area contributed by atoms with Gasteiger partial charge in [-0.1, -0.05) is 18.2 Å². The standard InChI is InChI=1S/C18H20O6/c1-20-14-8-6-5-7-12(14)11-24-18(19)13-9-10-15(21-2)17(23-4)16(13)22-3/h5-10H,11H2,1-4H3. The first kappa shape index (κ1) is 17.5. The van der Waals surface area contributed by atoms with Crippen molar-refractivity contribution < 1.29 is 28.5 Å². The van der Waals surface area contributed by atoms with E-state index >= 15 is 0 Å². The van der Waals surface area contributed by atoms with Gasteiger partial charge in [0.05, 0.1) is 28.4 Å². The Hall–Kier alpha value is -2.89. The van der Waals surface area contributed by atoms with Crippen LogP contribution in [0.5, 0.6) is 23.0 Å². The van der Waals surface area contributed by atoms with E-state index in [9.17, 15) is 4.79 Å². The number of para-hydroxylation sites is 1. The highest BCUT2D eigenvalue weighted by molar-refractivity contribution is 5.94. The van der Waals surface area contributed by atoms with Crippen LogP contribution in [0.3, 0.4) is 0 Å². The third-order valence-electron chi connectivity index (χ3n) is 3.48. The number of ether oxygens (including phenoxy) is 5. The number of benzene rings is 2. The molecule has 0 atom stereocenters. The predicted octanol–water partition coefficient (Wildman–Crippen LogP) is 3.08. The van der Waals surface area contributed by atoms with Crippen molar-refractivity contribution in [1.29, 1.82) is 0 Å². The second-order valence-corrected chi connectivity index (χ2v) is 4.77. The summed E-state index contributed by atoms with van der Waals surface area (Å²) >= 11 is 0. The molecule has 0 aliphatic rings. The Bertz CT molecular complexity index is 711. The van der Waals surface area contributed by atoms with Crippen LogP contribution in [0, 0.1) is 0 Å². The molecule has 0 aliphatic heterocycles. The van der Waals surface area contributed by atoms with Crippen LogP contribution < -0.4 is 18.9 Å². The third-order valence-corrected chi connectivity index (χ3v) is 3.48. The molecule has 2 aromatic carbocycles. The number of carbonyl (C=O) groups excluding carboxylic acids is 1. The van der Waals surface area contributed by atoms with Gasteiger partial charge in [-0.25, -0.2) is 4.79 Å². The fourth-order valence-corrected chi connectivity index (χ4v) is 2.31. The summed E-state index contributed by atoms with van der Waals surface area (Å²) in [4.78, 5) is 12.4. The third kappa shape index (κ3) is 3.53. The van der Waals surface area contributed by atoms with Crippen LogP contribution in [0.2, 0.25) is 0 Å². The topological polar surface area (TPSA) is 63.2 Å². The molecule has 0 heterocycles. The van der Waals surface area contributed by atoms with Crippen molar-refractivity contribution >= 4 is 5.97 Å². The van der Waals surface area contributed by atoms with E-state index in [0.717, 1.165) is 5.56 Å². The number of methoxy groups -OCH3 is 4. The van der Waals surface area contributed by atoms with Crippen LogP contribution >= 0.6 is 0 Å². The lowest BCUT2D eigenvalue weighted by Gasteiger charge is -2.15. The molecule has 0 N–H and O–H groups in total. The highest BCUT2D eigenvalue weighted by atomic mass is 16.5. The molecule has 6 heteroatoms. The smallest absolute Gasteiger partial charge is 0.342 e. The van der Waals surface area contributed by atoms with Crippen molar-refractivity contribution in [2.75, 3.05) is 28.4 Å². The molecule has 0 aliphatic carbocycles. The first-order chi connectivity index (χ1) is 11.7. The Morgan fingerprint density at radius 2 is 1.46 bits per heavy atom. The molecule has 128 valence electrons. The van der Waals surface area contributed by atoms with Gasteiger partial charge in [-0.05, 0) is 18.2 Å². The van der Waals surface area contributed by atoms with Crippen molar-refractivity contribution in [3.8, 4) is 23.0 Å². The van der Waals surface area contributed by atoms with E-state index in [4.69, 9.17) is 23.7 Å². The fraction of sp³-hybridized carbons (Fsp3) is 0.278. The van der Waals surface area contributed by atoms with Crippen molar-refractivity contribution in [2.45, 2.75) is 6.61 Å². The predicted molar refractivity (Wildman–Crippen MR) is 88.2 cm³/mol. The van der Waals surface area contributed by atoms with Crippen LogP contribution in [0.1, 0.15) is 15.9 Å². The Labute approximate surface area is 140 Å². The number of esters is 1. The summed E-state index contributed by atoms with van der Waals surface area (Å²) in [6.45, 7) is 0.0837. The SMILES string of the molecule is COc1ccccc1COC(=O)c1ccc(OC)c(OC)c1OC. The largest absolute Gasteiger partial charge is 0.496 e. The van der Waals surface area contributed by atoms with E-state index in [0.29, 0.717) is 17.2 Å². The van der Waals surface area contributed by atoms with Crippen LogP contribution in [0.15, 0.2) is 36.4 Å². The summed E-state index contributed by atoms with van der Waals surface area (Å²) in [5.74, 6) is 1.20. The Kier molecular flexibility index (Phi) is 5.89. The van der Waals surface area contributed by atoms with E-state index in [1.807, 2.05) is 18.2 Å². The van der Waals surface area contributed by atoms with Gasteiger partial charge in [0.2, 0.25) is 5.75 Å². The Balaban J connectivity index is 2.24. The molecule has 24 heavy (non-hydrogen) atoms. The van der Waals surface area contributed by atoms with Crippen LogP contribution in [-0.4, -0.2) is 34.4 Å². The fourth-order valence-electron chi connectivity index (χ4n) is 2.31. The summed E-state index contributed by atoms with van der Waals surface area (Å²) in [5, 5.41) is 0. The van der Waals surface area contributed by atoms with E-state index < -0.39 is 5.97 Å².